The summed E-state index contributed by atoms with van der Waals surface area (Å²) in [6.45, 7) is 0. The Morgan fingerprint density at radius 2 is 2.00 bits per heavy atom. The van der Waals surface area contributed by atoms with Gasteiger partial charge in [-0.3, -0.25) is 0 Å². The highest BCUT2D eigenvalue weighted by Crippen LogP contribution is 2.34. The molecule has 0 spiro atoms. The van der Waals surface area contributed by atoms with E-state index in [1.54, 1.807) is 29.6 Å². The van der Waals surface area contributed by atoms with Crippen LogP contribution in [0.4, 0.5) is 15.8 Å². The van der Waals surface area contributed by atoms with Crippen LogP contribution in [-0.4, -0.2) is 29.7 Å². The number of carbonyl (C=O) groups excluding carboxylic acids is 1. The maximum absolute atomic E-state index is 15.1. The highest BCUT2D eigenvalue weighted by molar-refractivity contribution is 6.01. The van der Waals surface area contributed by atoms with Crippen LogP contribution in [0, 0.1) is 5.82 Å². The molecule has 2 aromatic carbocycles. The number of methoxy groups -OCH3 is 1. The maximum atomic E-state index is 15.1. The average molecular weight is 313 g/mol. The normalized spacial score (nSPS) is 10.8. The van der Waals surface area contributed by atoms with Gasteiger partial charge in [-0.2, -0.15) is 0 Å². The molecule has 0 aliphatic rings. The first-order valence-corrected chi connectivity index (χ1v) is 7.05. The Morgan fingerprint density at radius 3 is 2.65 bits per heavy atom. The van der Waals surface area contributed by atoms with Crippen molar-refractivity contribution in [3.05, 3.63) is 54.1 Å². The van der Waals surface area contributed by atoms with Crippen molar-refractivity contribution in [3.8, 4) is 0 Å². The molecule has 23 heavy (non-hydrogen) atoms. The zero-order chi connectivity index (χ0) is 16.6. The Labute approximate surface area is 132 Å². The largest absolute Gasteiger partial charge is 0.465 e. The summed E-state index contributed by atoms with van der Waals surface area (Å²) in [6, 6.07) is 10.8. The molecule has 0 aliphatic carbocycles. The lowest BCUT2D eigenvalue weighted by Crippen LogP contribution is -2.17. The molecule has 1 aromatic heterocycles. The molecule has 0 amide bonds. The number of esters is 1. The van der Waals surface area contributed by atoms with Gasteiger partial charge in [0.05, 0.1) is 30.2 Å². The van der Waals surface area contributed by atoms with Crippen molar-refractivity contribution in [1.29, 1.82) is 0 Å². The molecule has 0 atom stereocenters. The van der Waals surface area contributed by atoms with Crippen LogP contribution in [-0.2, 0) is 11.8 Å². The number of benzene rings is 2. The van der Waals surface area contributed by atoms with Gasteiger partial charge in [-0.1, -0.05) is 18.2 Å². The maximum Gasteiger partial charge on any atom is 0.340 e. The lowest BCUT2D eigenvalue weighted by molar-refractivity contribution is 0.0601. The van der Waals surface area contributed by atoms with Gasteiger partial charge >= 0.3 is 5.97 Å². The van der Waals surface area contributed by atoms with Crippen LogP contribution in [0.15, 0.2) is 42.7 Å². The number of carbonyl (C=O) groups is 1. The topological polar surface area (TPSA) is 47.4 Å². The fourth-order valence-electron chi connectivity index (χ4n) is 2.59. The van der Waals surface area contributed by atoms with E-state index in [4.69, 9.17) is 4.74 Å². The summed E-state index contributed by atoms with van der Waals surface area (Å²) in [5.74, 6) is -1.14. The highest BCUT2D eigenvalue weighted by Gasteiger charge is 2.24. The number of hydrogen-bond acceptors (Lipinski definition) is 4. The quantitative estimate of drug-likeness (QED) is 0.696. The third-order valence-electron chi connectivity index (χ3n) is 3.82. The van der Waals surface area contributed by atoms with E-state index in [0.29, 0.717) is 5.52 Å². The minimum absolute atomic E-state index is 0.147. The number of aryl methyl sites for hydroxylation is 1. The number of ether oxygens (including phenoxy) is 1. The fourth-order valence-corrected chi connectivity index (χ4v) is 2.59. The minimum Gasteiger partial charge on any atom is -0.465 e. The van der Waals surface area contributed by atoms with E-state index < -0.39 is 11.8 Å². The number of imidazole rings is 1. The molecule has 3 rings (SSSR count). The van der Waals surface area contributed by atoms with Crippen molar-refractivity contribution in [2.45, 2.75) is 0 Å². The van der Waals surface area contributed by atoms with Crippen LogP contribution in [0.1, 0.15) is 10.4 Å². The van der Waals surface area contributed by atoms with Crippen molar-refractivity contribution in [2.75, 3.05) is 19.1 Å². The van der Waals surface area contributed by atoms with Crippen molar-refractivity contribution in [1.82, 2.24) is 9.55 Å². The molecule has 5 nitrogen and oxygen atoms in total. The van der Waals surface area contributed by atoms with Gasteiger partial charge in [0.25, 0.3) is 0 Å². The molecule has 118 valence electrons. The van der Waals surface area contributed by atoms with Gasteiger partial charge in [0.2, 0.25) is 0 Å². The molecule has 0 fully saturated rings. The fraction of sp³-hybridized carbons (Fsp3) is 0.176. The second-order valence-electron chi connectivity index (χ2n) is 5.20. The molecular weight excluding hydrogens is 297 g/mol. The van der Waals surface area contributed by atoms with E-state index in [2.05, 4.69) is 4.98 Å². The summed E-state index contributed by atoms with van der Waals surface area (Å²) in [6.07, 6.45) is 1.51. The second-order valence-corrected chi connectivity index (χ2v) is 5.20. The molecule has 0 aliphatic heterocycles. The van der Waals surface area contributed by atoms with E-state index in [0.717, 1.165) is 5.69 Å². The number of hydrogen-bond donors (Lipinski definition) is 0. The summed E-state index contributed by atoms with van der Waals surface area (Å²) in [4.78, 5) is 17.9. The average Bonchev–Trinajstić information content (AvgIpc) is 2.95. The predicted octanol–water partition coefficient (Wildman–Crippen LogP) is 3.27. The van der Waals surface area contributed by atoms with Crippen LogP contribution in [0.5, 0.6) is 0 Å². The monoisotopic (exact) mass is 313 g/mol. The van der Waals surface area contributed by atoms with Crippen LogP contribution in [0.2, 0.25) is 0 Å². The van der Waals surface area contributed by atoms with Crippen molar-refractivity contribution >= 4 is 28.4 Å². The molecule has 1 heterocycles. The summed E-state index contributed by atoms with van der Waals surface area (Å²) in [7, 11) is 4.73. The van der Waals surface area contributed by atoms with E-state index in [1.165, 1.54) is 13.4 Å². The number of fused-ring (bicyclic) bond motifs is 1. The highest BCUT2D eigenvalue weighted by atomic mass is 19.1. The first-order chi connectivity index (χ1) is 11.0. The Hall–Kier alpha value is -2.89. The zero-order valence-electron chi connectivity index (χ0n) is 13.1. The number of anilines is 2. The number of rotatable bonds is 3. The summed E-state index contributed by atoms with van der Waals surface area (Å²) in [5.41, 5.74) is 1.82. The minimum atomic E-state index is -0.593. The smallest absolute Gasteiger partial charge is 0.340 e. The predicted molar refractivity (Wildman–Crippen MR) is 86.5 cm³/mol. The molecule has 0 radical (unpaired) electrons. The van der Waals surface area contributed by atoms with E-state index >= 15 is 4.39 Å². The van der Waals surface area contributed by atoms with Gasteiger partial charge in [0.1, 0.15) is 5.52 Å². The van der Waals surface area contributed by atoms with Gasteiger partial charge < -0.3 is 14.2 Å². The zero-order valence-corrected chi connectivity index (χ0v) is 13.1. The Morgan fingerprint density at radius 1 is 1.30 bits per heavy atom. The standard InChI is InChI=1S/C17H16FN3O2/c1-20-10-19-15-13(20)9-12(17(22)23-3)16(14(15)18)21(2)11-7-5-4-6-8-11/h4-10H,1-3H3. The molecule has 0 saturated heterocycles. The number of nitrogens with zero attached hydrogens (tertiary/aromatic N) is 3. The third kappa shape index (κ3) is 2.42. The lowest BCUT2D eigenvalue weighted by Gasteiger charge is -2.22. The van der Waals surface area contributed by atoms with Crippen LogP contribution in [0.3, 0.4) is 0 Å². The van der Waals surface area contributed by atoms with E-state index in [1.807, 2.05) is 30.3 Å². The molecule has 0 saturated carbocycles. The molecule has 0 N–H and O–H groups in total. The third-order valence-corrected chi connectivity index (χ3v) is 3.82. The van der Waals surface area contributed by atoms with Crippen LogP contribution >= 0.6 is 0 Å². The number of aromatic nitrogens is 2. The molecule has 6 heteroatoms. The summed E-state index contributed by atoms with van der Waals surface area (Å²) < 4.78 is 21.5. The lowest BCUT2D eigenvalue weighted by atomic mass is 10.1. The SMILES string of the molecule is COC(=O)c1cc2c(ncn2C)c(F)c1N(C)c1ccccc1. The van der Waals surface area contributed by atoms with E-state index in [-0.39, 0.29) is 16.8 Å². The van der Waals surface area contributed by atoms with Crippen molar-refractivity contribution in [3.63, 3.8) is 0 Å². The molecule has 0 unspecified atom stereocenters. The summed E-state index contributed by atoms with van der Waals surface area (Å²) >= 11 is 0. The Bertz CT molecular complexity index is 874. The van der Waals surface area contributed by atoms with Gasteiger partial charge in [-0.15, -0.1) is 0 Å². The summed E-state index contributed by atoms with van der Waals surface area (Å²) in [5, 5.41) is 0. The Kier molecular flexibility index (Phi) is 3.73. The molecular formula is C17H16FN3O2. The first-order valence-electron chi connectivity index (χ1n) is 7.05. The second kappa shape index (κ2) is 5.72. The molecule has 3 aromatic rings. The first kappa shape index (κ1) is 15.0. The van der Waals surface area contributed by atoms with Crippen molar-refractivity contribution in [2.24, 2.45) is 7.05 Å². The van der Waals surface area contributed by atoms with Gasteiger partial charge in [-0.05, 0) is 18.2 Å². The van der Waals surface area contributed by atoms with Gasteiger partial charge in [-0.25, -0.2) is 14.2 Å². The van der Waals surface area contributed by atoms with Crippen molar-refractivity contribution < 1.29 is 13.9 Å². The number of para-hydroxylation sites is 1. The molecule has 0 bridgehead atoms. The van der Waals surface area contributed by atoms with Crippen LogP contribution < -0.4 is 4.90 Å². The Balaban J connectivity index is 2.29. The number of halogens is 1. The van der Waals surface area contributed by atoms with Crippen LogP contribution in [0.25, 0.3) is 11.0 Å². The van der Waals surface area contributed by atoms with Gasteiger partial charge in [0.15, 0.2) is 5.82 Å². The van der Waals surface area contributed by atoms with Gasteiger partial charge in [0, 0.05) is 19.8 Å². The van der Waals surface area contributed by atoms with E-state index in [9.17, 15) is 4.79 Å².